The molecule has 0 saturated carbocycles. The minimum atomic E-state index is -0.959. The summed E-state index contributed by atoms with van der Waals surface area (Å²) in [7, 11) is 0. The lowest BCUT2D eigenvalue weighted by Crippen LogP contribution is -2.73. The number of benzene rings is 2. The largest absolute Gasteiger partial charge is 0.504 e. The van der Waals surface area contributed by atoms with Gasteiger partial charge in [0.15, 0.2) is 17.6 Å². The van der Waals surface area contributed by atoms with Crippen molar-refractivity contribution in [3.63, 3.8) is 0 Å². The molecule has 4 aliphatic rings. The van der Waals surface area contributed by atoms with Crippen LogP contribution in [0.1, 0.15) is 48.8 Å². The molecule has 4 atom stereocenters. The summed E-state index contributed by atoms with van der Waals surface area (Å²) in [6.07, 6.45) is 1.68. The smallest absolute Gasteiger partial charge is 0.166 e. The Morgan fingerprint density at radius 3 is 2.83 bits per heavy atom. The average Bonchev–Trinajstić information content (AvgIpc) is 3.10. The highest BCUT2D eigenvalue weighted by molar-refractivity contribution is 5.80. The van der Waals surface area contributed by atoms with Crippen LogP contribution in [0.15, 0.2) is 42.5 Å². The van der Waals surface area contributed by atoms with E-state index in [0.717, 1.165) is 47.1 Å². The fourth-order valence-corrected chi connectivity index (χ4v) is 6.44. The van der Waals surface area contributed by atoms with Gasteiger partial charge in [0, 0.05) is 23.4 Å². The molecule has 1 aromatic heterocycles. The predicted octanol–water partition coefficient (Wildman–Crippen LogP) is 3.54. The Morgan fingerprint density at radius 2 is 1.97 bits per heavy atom. The fraction of sp³-hybridized carbons (Fsp3) is 0.400. The molecular formula is C25H26N2O3. The van der Waals surface area contributed by atoms with Crippen molar-refractivity contribution >= 4 is 10.9 Å². The minimum Gasteiger partial charge on any atom is -0.504 e. The van der Waals surface area contributed by atoms with E-state index in [2.05, 4.69) is 17.4 Å². The Balaban J connectivity index is 0.000000852. The number of rotatable bonds is 0. The number of aromatic nitrogens is 1. The number of phenolic OH excluding ortho intramolecular Hbond substituents is 1. The summed E-state index contributed by atoms with van der Waals surface area (Å²) in [6.45, 7) is 4.82. The van der Waals surface area contributed by atoms with Gasteiger partial charge in [-0.2, -0.15) is 0 Å². The van der Waals surface area contributed by atoms with Crippen LogP contribution in [-0.4, -0.2) is 33.4 Å². The lowest BCUT2D eigenvalue weighted by molar-refractivity contribution is -0.134. The Hall–Kier alpha value is -2.63. The van der Waals surface area contributed by atoms with E-state index in [1.54, 1.807) is 6.07 Å². The van der Waals surface area contributed by atoms with Crippen molar-refractivity contribution in [2.45, 2.75) is 56.3 Å². The quantitative estimate of drug-likeness (QED) is 0.536. The molecule has 154 valence electrons. The van der Waals surface area contributed by atoms with E-state index in [1.807, 2.05) is 38.1 Å². The Kier molecular flexibility index (Phi) is 3.61. The van der Waals surface area contributed by atoms with Crippen molar-refractivity contribution in [3.8, 4) is 11.5 Å². The van der Waals surface area contributed by atoms with Crippen LogP contribution >= 0.6 is 0 Å². The highest BCUT2D eigenvalue weighted by atomic mass is 16.5. The second kappa shape index (κ2) is 5.96. The molecule has 2 bridgehead atoms. The third-order valence-electron chi connectivity index (χ3n) is 7.58. The number of para-hydroxylation sites is 1. The summed E-state index contributed by atoms with van der Waals surface area (Å²) in [6, 6.07) is 13.9. The number of nitrogens with one attached hydrogen (secondary N) is 1. The zero-order valence-corrected chi connectivity index (χ0v) is 17.3. The lowest BCUT2D eigenvalue weighted by Gasteiger charge is -2.60. The normalized spacial score (nSPS) is 31.8. The predicted molar refractivity (Wildman–Crippen MR) is 115 cm³/mol. The molecule has 1 spiro atoms. The van der Waals surface area contributed by atoms with Crippen LogP contribution in [-0.2, 0) is 18.3 Å². The third-order valence-corrected chi connectivity index (χ3v) is 7.58. The van der Waals surface area contributed by atoms with Crippen molar-refractivity contribution in [2.24, 2.45) is 0 Å². The molecule has 1 saturated heterocycles. The van der Waals surface area contributed by atoms with E-state index in [-0.39, 0.29) is 17.9 Å². The topological polar surface area (TPSA) is 74.6 Å². The number of hydrogen-bond acceptors (Lipinski definition) is 5. The molecule has 0 unspecified atom stereocenters. The van der Waals surface area contributed by atoms with Crippen LogP contribution in [0.4, 0.5) is 0 Å². The molecular weight excluding hydrogens is 376 g/mol. The first-order chi connectivity index (χ1) is 14.6. The Morgan fingerprint density at radius 1 is 1.13 bits per heavy atom. The summed E-state index contributed by atoms with van der Waals surface area (Å²) >= 11 is 0. The highest BCUT2D eigenvalue weighted by Gasteiger charge is 2.71. The van der Waals surface area contributed by atoms with Crippen LogP contribution in [0.3, 0.4) is 0 Å². The first-order valence-corrected chi connectivity index (χ1v) is 11.0. The summed E-state index contributed by atoms with van der Waals surface area (Å²) in [4.78, 5) is 4.99. The minimum absolute atomic E-state index is 0.0324. The van der Waals surface area contributed by atoms with Crippen molar-refractivity contribution < 1.29 is 14.9 Å². The molecule has 2 aliphatic carbocycles. The van der Waals surface area contributed by atoms with Crippen molar-refractivity contribution in [1.29, 1.82) is 0 Å². The van der Waals surface area contributed by atoms with E-state index >= 15 is 0 Å². The van der Waals surface area contributed by atoms with Gasteiger partial charge in [-0.25, -0.2) is 4.98 Å². The highest BCUT2D eigenvalue weighted by Crippen LogP contribution is 2.67. The summed E-state index contributed by atoms with van der Waals surface area (Å²) in [5.74, 6) is 0.702. The van der Waals surface area contributed by atoms with E-state index < -0.39 is 11.0 Å². The molecule has 2 aromatic carbocycles. The van der Waals surface area contributed by atoms with Crippen molar-refractivity contribution in [1.82, 2.24) is 10.3 Å². The Labute approximate surface area is 175 Å². The number of ether oxygens (including phenoxy) is 1. The van der Waals surface area contributed by atoms with E-state index in [4.69, 9.17) is 9.72 Å². The van der Waals surface area contributed by atoms with Gasteiger partial charge in [0.1, 0.15) is 0 Å². The van der Waals surface area contributed by atoms with Crippen LogP contribution in [0.5, 0.6) is 11.5 Å². The summed E-state index contributed by atoms with van der Waals surface area (Å²) < 4.78 is 6.45. The molecule has 3 N–H and O–H groups in total. The van der Waals surface area contributed by atoms with Gasteiger partial charge in [0.25, 0.3) is 0 Å². The second-order valence-electron chi connectivity index (χ2n) is 8.70. The number of phenols is 1. The SMILES string of the molecule is CC.Oc1ccc2c3c1O[C@H]1c4nc5ccccc5cc4C[C@@]4(O)[C@@H](C2)NCC[C@]314. The molecule has 3 heterocycles. The molecule has 1 fully saturated rings. The van der Waals surface area contributed by atoms with Crippen molar-refractivity contribution in [3.05, 3.63) is 64.8 Å². The van der Waals surface area contributed by atoms with Crippen LogP contribution in [0.2, 0.25) is 0 Å². The van der Waals surface area contributed by atoms with E-state index in [1.165, 1.54) is 5.56 Å². The molecule has 3 aromatic rings. The van der Waals surface area contributed by atoms with E-state index in [9.17, 15) is 10.2 Å². The fourth-order valence-electron chi connectivity index (χ4n) is 6.44. The summed E-state index contributed by atoms with van der Waals surface area (Å²) in [5.41, 5.74) is 3.55. The van der Waals surface area contributed by atoms with Crippen LogP contribution < -0.4 is 10.1 Å². The second-order valence-corrected chi connectivity index (χ2v) is 8.70. The maximum atomic E-state index is 12.2. The van der Waals surface area contributed by atoms with Gasteiger partial charge in [0.2, 0.25) is 0 Å². The molecule has 0 radical (unpaired) electrons. The van der Waals surface area contributed by atoms with Gasteiger partial charge >= 0.3 is 0 Å². The molecule has 5 nitrogen and oxygen atoms in total. The first kappa shape index (κ1) is 18.2. The van der Waals surface area contributed by atoms with Gasteiger partial charge in [-0.05, 0) is 48.7 Å². The standard InChI is InChI=1S/C23H20N2O3.C2H6/c26-16-6-5-13-10-17-23(27)11-14-9-12-3-1-2-4-15(12)25-19(14)21-22(23,7-8-24-17)18(13)20(16)28-21;1-2/h1-6,9,17,21,24,26-27H,7-8,10-11H2;1-2H3/t17-,21+,22+,23-;/m1./s1. The number of fused-ring (bicyclic) bond motifs is 3. The molecule has 5 heteroatoms. The number of piperidine rings is 1. The van der Waals surface area contributed by atoms with Crippen LogP contribution in [0, 0.1) is 0 Å². The molecule has 2 aliphatic heterocycles. The molecule has 7 rings (SSSR count). The molecule has 0 amide bonds. The van der Waals surface area contributed by atoms with Gasteiger partial charge in [-0.3, -0.25) is 0 Å². The van der Waals surface area contributed by atoms with Gasteiger partial charge in [0.05, 0.1) is 22.2 Å². The first-order valence-electron chi connectivity index (χ1n) is 11.0. The van der Waals surface area contributed by atoms with Gasteiger partial charge < -0.3 is 20.3 Å². The lowest BCUT2D eigenvalue weighted by atomic mass is 9.49. The maximum Gasteiger partial charge on any atom is 0.166 e. The summed E-state index contributed by atoms with van der Waals surface area (Å²) in [5, 5.41) is 27.4. The van der Waals surface area contributed by atoms with Crippen LogP contribution in [0.25, 0.3) is 10.9 Å². The zero-order chi connectivity index (χ0) is 20.7. The third kappa shape index (κ3) is 1.93. The number of aliphatic hydroxyl groups is 1. The number of hydrogen-bond donors (Lipinski definition) is 3. The van der Waals surface area contributed by atoms with Gasteiger partial charge in [-0.1, -0.05) is 38.1 Å². The van der Waals surface area contributed by atoms with Crippen molar-refractivity contribution in [2.75, 3.05) is 6.54 Å². The number of nitrogens with zero attached hydrogens (tertiary/aromatic N) is 1. The molecule has 30 heavy (non-hydrogen) atoms. The van der Waals surface area contributed by atoms with E-state index in [0.29, 0.717) is 12.2 Å². The zero-order valence-electron chi connectivity index (χ0n) is 17.3. The maximum absolute atomic E-state index is 12.2. The number of pyridine rings is 1. The number of aromatic hydroxyl groups is 1. The Bertz CT molecular complexity index is 1190. The average molecular weight is 402 g/mol. The monoisotopic (exact) mass is 402 g/mol. The van der Waals surface area contributed by atoms with Gasteiger partial charge in [-0.15, -0.1) is 0 Å².